The molecular formula is C21H24N2O4. The number of anilines is 1. The van der Waals surface area contributed by atoms with Gasteiger partial charge < -0.3 is 15.7 Å². The van der Waals surface area contributed by atoms with Crippen LogP contribution in [0.5, 0.6) is 0 Å². The first-order chi connectivity index (χ1) is 12.8. The van der Waals surface area contributed by atoms with Crippen molar-refractivity contribution in [2.45, 2.75) is 33.2 Å². The zero-order chi connectivity index (χ0) is 20.0. The van der Waals surface area contributed by atoms with Gasteiger partial charge in [0, 0.05) is 16.8 Å². The maximum Gasteiger partial charge on any atom is 0.326 e. The SMILES string of the molecule is Cc1ccc(C(=O)N[C@H](CC(C)C)C(=O)O)cc1NC(=O)c1ccccc1. The Labute approximate surface area is 158 Å². The van der Waals surface area contributed by atoms with Gasteiger partial charge in [0.25, 0.3) is 11.8 Å². The van der Waals surface area contributed by atoms with Crippen LogP contribution in [-0.4, -0.2) is 28.9 Å². The van der Waals surface area contributed by atoms with E-state index in [-0.39, 0.29) is 11.8 Å². The average molecular weight is 368 g/mol. The molecule has 0 aliphatic heterocycles. The lowest BCUT2D eigenvalue weighted by Gasteiger charge is -2.17. The summed E-state index contributed by atoms with van der Waals surface area (Å²) in [5.41, 5.74) is 2.11. The van der Waals surface area contributed by atoms with Crippen molar-refractivity contribution in [1.29, 1.82) is 0 Å². The molecule has 1 atom stereocenters. The van der Waals surface area contributed by atoms with Crippen molar-refractivity contribution in [1.82, 2.24) is 5.32 Å². The van der Waals surface area contributed by atoms with Crippen LogP contribution >= 0.6 is 0 Å². The zero-order valence-electron chi connectivity index (χ0n) is 15.7. The van der Waals surface area contributed by atoms with Crippen LogP contribution in [0.4, 0.5) is 5.69 Å². The minimum atomic E-state index is -1.07. The van der Waals surface area contributed by atoms with Gasteiger partial charge in [-0.25, -0.2) is 4.79 Å². The fourth-order valence-corrected chi connectivity index (χ4v) is 2.62. The maximum atomic E-state index is 12.5. The van der Waals surface area contributed by atoms with Crippen LogP contribution < -0.4 is 10.6 Å². The van der Waals surface area contributed by atoms with Crippen molar-refractivity contribution >= 4 is 23.5 Å². The van der Waals surface area contributed by atoms with Crippen LogP contribution in [0.25, 0.3) is 0 Å². The first-order valence-corrected chi connectivity index (χ1v) is 8.78. The van der Waals surface area contributed by atoms with E-state index in [4.69, 9.17) is 0 Å². The average Bonchev–Trinajstić information content (AvgIpc) is 2.63. The molecule has 0 spiro atoms. The molecule has 2 rings (SSSR count). The third-order valence-electron chi connectivity index (χ3n) is 4.09. The molecule has 142 valence electrons. The smallest absolute Gasteiger partial charge is 0.326 e. The van der Waals surface area contributed by atoms with Crippen LogP contribution in [0.15, 0.2) is 48.5 Å². The standard InChI is InChI=1S/C21H24N2O4/c1-13(2)11-18(21(26)27)23-20(25)16-10-9-14(3)17(12-16)22-19(24)15-7-5-4-6-8-15/h4-10,12-13,18H,11H2,1-3H3,(H,22,24)(H,23,25)(H,26,27)/t18-/m1/s1. The van der Waals surface area contributed by atoms with E-state index in [1.165, 1.54) is 0 Å². The highest BCUT2D eigenvalue weighted by Crippen LogP contribution is 2.18. The molecule has 0 saturated heterocycles. The summed E-state index contributed by atoms with van der Waals surface area (Å²) in [4.78, 5) is 36.2. The summed E-state index contributed by atoms with van der Waals surface area (Å²) in [5, 5.41) is 14.6. The molecule has 0 fully saturated rings. The Bertz CT molecular complexity index is 831. The molecule has 0 unspecified atom stereocenters. The van der Waals surface area contributed by atoms with Gasteiger partial charge in [0.2, 0.25) is 0 Å². The van der Waals surface area contributed by atoms with Crippen LogP contribution in [0.3, 0.4) is 0 Å². The monoisotopic (exact) mass is 368 g/mol. The number of aryl methyl sites for hydroxylation is 1. The third-order valence-corrected chi connectivity index (χ3v) is 4.09. The van der Waals surface area contributed by atoms with Gasteiger partial charge in [-0.15, -0.1) is 0 Å². The lowest BCUT2D eigenvalue weighted by Crippen LogP contribution is -2.41. The Balaban J connectivity index is 2.17. The van der Waals surface area contributed by atoms with Crippen molar-refractivity contribution in [2.24, 2.45) is 5.92 Å². The summed E-state index contributed by atoms with van der Waals surface area (Å²) in [5.74, 6) is -1.70. The predicted molar refractivity (Wildman–Crippen MR) is 104 cm³/mol. The molecule has 3 N–H and O–H groups in total. The lowest BCUT2D eigenvalue weighted by molar-refractivity contribution is -0.139. The summed E-state index contributed by atoms with van der Waals surface area (Å²) in [6.07, 6.45) is 0.338. The van der Waals surface area contributed by atoms with Gasteiger partial charge in [-0.05, 0) is 49.1 Å². The van der Waals surface area contributed by atoms with Gasteiger partial charge >= 0.3 is 5.97 Å². The van der Waals surface area contributed by atoms with Crippen LogP contribution in [0.2, 0.25) is 0 Å². The van der Waals surface area contributed by atoms with E-state index in [2.05, 4.69) is 10.6 Å². The minimum Gasteiger partial charge on any atom is -0.480 e. The quantitative estimate of drug-likeness (QED) is 0.697. The molecule has 0 radical (unpaired) electrons. The number of carboxylic acids is 1. The molecule has 2 aromatic carbocycles. The molecule has 6 nitrogen and oxygen atoms in total. The first-order valence-electron chi connectivity index (χ1n) is 8.78. The topological polar surface area (TPSA) is 95.5 Å². The normalized spacial score (nSPS) is 11.7. The summed E-state index contributed by atoms with van der Waals surface area (Å²) in [7, 11) is 0. The van der Waals surface area contributed by atoms with Gasteiger partial charge in [0.1, 0.15) is 6.04 Å². The number of amides is 2. The molecule has 0 heterocycles. The predicted octanol–water partition coefficient (Wildman–Crippen LogP) is 3.48. The highest BCUT2D eigenvalue weighted by Gasteiger charge is 2.22. The molecule has 0 aliphatic carbocycles. The van der Waals surface area contributed by atoms with Gasteiger partial charge in [0.15, 0.2) is 0 Å². The molecular weight excluding hydrogens is 344 g/mol. The van der Waals surface area contributed by atoms with E-state index >= 15 is 0 Å². The first kappa shape index (κ1) is 20.2. The second-order valence-electron chi connectivity index (χ2n) is 6.84. The Morgan fingerprint density at radius 3 is 2.22 bits per heavy atom. The zero-order valence-corrected chi connectivity index (χ0v) is 15.7. The molecule has 2 aromatic rings. The largest absolute Gasteiger partial charge is 0.480 e. The van der Waals surface area contributed by atoms with Gasteiger partial charge in [-0.3, -0.25) is 9.59 Å². The van der Waals surface area contributed by atoms with Crippen molar-refractivity contribution in [2.75, 3.05) is 5.32 Å². The Kier molecular flexibility index (Phi) is 6.71. The number of carbonyl (C=O) groups excluding carboxylic acids is 2. The molecule has 6 heteroatoms. The maximum absolute atomic E-state index is 12.5. The van der Waals surface area contributed by atoms with E-state index < -0.39 is 17.9 Å². The van der Waals surface area contributed by atoms with Crippen LogP contribution in [0.1, 0.15) is 46.5 Å². The van der Waals surface area contributed by atoms with Crippen molar-refractivity contribution in [3.8, 4) is 0 Å². The summed E-state index contributed by atoms with van der Waals surface area (Å²) in [6.45, 7) is 5.61. The van der Waals surface area contributed by atoms with E-state index in [9.17, 15) is 19.5 Å². The van der Waals surface area contributed by atoms with E-state index in [0.717, 1.165) is 5.56 Å². The molecule has 0 aliphatic rings. The lowest BCUT2D eigenvalue weighted by atomic mass is 10.0. The Morgan fingerprint density at radius 1 is 0.963 bits per heavy atom. The van der Waals surface area contributed by atoms with Crippen LogP contribution in [-0.2, 0) is 4.79 Å². The Morgan fingerprint density at radius 2 is 1.63 bits per heavy atom. The molecule has 0 aromatic heterocycles. The fourth-order valence-electron chi connectivity index (χ4n) is 2.62. The number of benzene rings is 2. The van der Waals surface area contributed by atoms with E-state index in [1.54, 1.807) is 42.5 Å². The highest BCUT2D eigenvalue weighted by atomic mass is 16.4. The van der Waals surface area contributed by atoms with Gasteiger partial charge in [-0.2, -0.15) is 0 Å². The number of rotatable bonds is 7. The molecule has 0 bridgehead atoms. The summed E-state index contributed by atoms with van der Waals surface area (Å²) >= 11 is 0. The third kappa shape index (κ3) is 5.67. The number of aliphatic carboxylic acids is 1. The Hall–Kier alpha value is -3.15. The second kappa shape index (κ2) is 8.98. The number of hydrogen-bond acceptors (Lipinski definition) is 3. The minimum absolute atomic E-state index is 0.130. The van der Waals surface area contributed by atoms with Crippen molar-refractivity contribution < 1.29 is 19.5 Å². The molecule has 27 heavy (non-hydrogen) atoms. The van der Waals surface area contributed by atoms with Crippen molar-refractivity contribution in [3.05, 3.63) is 65.2 Å². The van der Waals surface area contributed by atoms with E-state index in [0.29, 0.717) is 23.2 Å². The van der Waals surface area contributed by atoms with Crippen molar-refractivity contribution in [3.63, 3.8) is 0 Å². The number of hydrogen-bond donors (Lipinski definition) is 3. The van der Waals surface area contributed by atoms with Crippen LogP contribution in [0, 0.1) is 12.8 Å². The van der Waals surface area contributed by atoms with E-state index in [1.807, 2.05) is 26.8 Å². The molecule has 2 amide bonds. The highest BCUT2D eigenvalue weighted by molar-refractivity contribution is 6.05. The number of carboxylic acid groups (broad SMARTS) is 1. The number of carbonyl (C=O) groups is 3. The fraction of sp³-hybridized carbons (Fsp3) is 0.286. The van der Waals surface area contributed by atoms with Gasteiger partial charge in [-0.1, -0.05) is 38.1 Å². The summed E-state index contributed by atoms with van der Waals surface area (Å²) < 4.78 is 0. The summed E-state index contributed by atoms with van der Waals surface area (Å²) in [6, 6.07) is 12.7. The number of nitrogens with one attached hydrogen (secondary N) is 2. The second-order valence-corrected chi connectivity index (χ2v) is 6.84. The molecule has 0 saturated carbocycles. The van der Waals surface area contributed by atoms with Gasteiger partial charge in [0.05, 0.1) is 0 Å².